The van der Waals surface area contributed by atoms with Crippen LogP contribution in [0.1, 0.15) is 23.6 Å². The maximum Gasteiger partial charge on any atom is 0.266 e. The fraction of sp³-hybridized carbons (Fsp3) is 0.207. The zero-order valence-electron chi connectivity index (χ0n) is 21.0. The standard InChI is InChI=1S/C29H26ClN3O4S/c1-3-36-14-13-33-28(34)26(38-29(33)32-23-11-5-4-6-12-23)17-20-15-24(30)27(25(16-20)35-2)37-19-22-10-8-7-9-21(22)18-31/h4-12,15-17H,3,13-14,19H2,1-2H3. The second-order valence-corrected chi connectivity index (χ2v) is 9.50. The van der Waals surface area contributed by atoms with Crippen LogP contribution in [0.2, 0.25) is 5.02 Å². The van der Waals surface area contributed by atoms with Crippen LogP contribution < -0.4 is 9.47 Å². The van der Waals surface area contributed by atoms with Gasteiger partial charge in [0.25, 0.3) is 5.91 Å². The van der Waals surface area contributed by atoms with Crippen LogP contribution >= 0.6 is 23.4 Å². The number of methoxy groups -OCH3 is 1. The minimum atomic E-state index is -0.159. The Morgan fingerprint density at radius 1 is 1.13 bits per heavy atom. The van der Waals surface area contributed by atoms with Crippen LogP contribution in [0.25, 0.3) is 6.08 Å². The summed E-state index contributed by atoms with van der Waals surface area (Å²) in [6, 6.07) is 22.3. The Balaban J connectivity index is 1.60. The number of carbonyl (C=O) groups excluding carboxylic acids is 1. The molecule has 1 saturated heterocycles. The Bertz CT molecular complexity index is 1400. The molecule has 7 nitrogen and oxygen atoms in total. The molecule has 0 radical (unpaired) electrons. The molecule has 0 atom stereocenters. The SMILES string of the molecule is CCOCCN1C(=O)C(=Cc2cc(Cl)c(OCc3ccccc3C#N)c(OC)c2)SC1=Nc1ccccc1. The highest BCUT2D eigenvalue weighted by atomic mass is 35.5. The van der Waals surface area contributed by atoms with E-state index in [-0.39, 0.29) is 12.5 Å². The Kier molecular flexibility index (Phi) is 9.44. The number of nitrogens with zero attached hydrogens (tertiary/aromatic N) is 3. The van der Waals surface area contributed by atoms with E-state index in [9.17, 15) is 10.1 Å². The maximum atomic E-state index is 13.3. The summed E-state index contributed by atoms with van der Waals surface area (Å²) in [5.74, 6) is 0.618. The van der Waals surface area contributed by atoms with Crippen molar-refractivity contribution >= 4 is 46.2 Å². The normalized spacial score (nSPS) is 15.2. The van der Waals surface area contributed by atoms with Crippen molar-refractivity contribution in [3.8, 4) is 17.6 Å². The molecule has 4 rings (SSSR count). The number of thioether (sulfide) groups is 1. The molecule has 1 aliphatic rings. The second kappa shape index (κ2) is 13.2. The number of rotatable bonds is 10. The van der Waals surface area contributed by atoms with Gasteiger partial charge < -0.3 is 14.2 Å². The van der Waals surface area contributed by atoms with E-state index in [1.165, 1.54) is 18.9 Å². The number of hydrogen-bond donors (Lipinski definition) is 0. The van der Waals surface area contributed by atoms with E-state index < -0.39 is 0 Å². The molecular weight excluding hydrogens is 522 g/mol. The van der Waals surface area contributed by atoms with Crippen molar-refractivity contribution in [3.63, 3.8) is 0 Å². The van der Waals surface area contributed by atoms with Gasteiger partial charge in [-0.25, -0.2) is 4.99 Å². The van der Waals surface area contributed by atoms with Gasteiger partial charge in [0.1, 0.15) is 6.61 Å². The molecule has 3 aromatic carbocycles. The van der Waals surface area contributed by atoms with Gasteiger partial charge in [-0.3, -0.25) is 9.69 Å². The Labute approximate surface area is 231 Å². The first-order valence-electron chi connectivity index (χ1n) is 11.9. The second-order valence-electron chi connectivity index (χ2n) is 8.09. The van der Waals surface area contributed by atoms with E-state index in [1.807, 2.05) is 49.4 Å². The monoisotopic (exact) mass is 547 g/mol. The third kappa shape index (κ3) is 6.56. The predicted octanol–water partition coefficient (Wildman–Crippen LogP) is 6.44. The Morgan fingerprint density at radius 3 is 2.63 bits per heavy atom. The molecule has 3 aromatic rings. The minimum Gasteiger partial charge on any atom is -0.493 e. The first-order valence-corrected chi connectivity index (χ1v) is 13.1. The molecule has 0 bridgehead atoms. The van der Waals surface area contributed by atoms with Crippen molar-refractivity contribution in [2.75, 3.05) is 26.9 Å². The zero-order valence-corrected chi connectivity index (χ0v) is 22.6. The summed E-state index contributed by atoms with van der Waals surface area (Å²) in [4.78, 5) is 20.1. The molecule has 194 valence electrons. The number of amidine groups is 1. The molecule has 0 aliphatic carbocycles. The highest BCUT2D eigenvalue weighted by molar-refractivity contribution is 8.18. The van der Waals surface area contributed by atoms with E-state index in [0.29, 0.717) is 57.5 Å². The van der Waals surface area contributed by atoms with Gasteiger partial charge in [0, 0.05) is 12.2 Å². The average molecular weight is 548 g/mol. The molecular formula is C29H26ClN3O4S. The summed E-state index contributed by atoms with van der Waals surface area (Å²) < 4.78 is 17.0. The van der Waals surface area contributed by atoms with Crippen LogP contribution in [0.3, 0.4) is 0 Å². The third-order valence-corrected chi connectivity index (χ3v) is 6.88. The average Bonchev–Trinajstić information content (AvgIpc) is 3.21. The topological polar surface area (TPSA) is 84.1 Å². The number of hydrogen-bond acceptors (Lipinski definition) is 7. The Morgan fingerprint density at radius 2 is 1.89 bits per heavy atom. The summed E-state index contributed by atoms with van der Waals surface area (Å²) in [6.45, 7) is 3.44. The summed E-state index contributed by atoms with van der Waals surface area (Å²) in [7, 11) is 1.52. The van der Waals surface area contributed by atoms with Crippen LogP contribution in [0.15, 0.2) is 76.6 Å². The van der Waals surface area contributed by atoms with Gasteiger partial charge in [-0.2, -0.15) is 5.26 Å². The molecule has 0 unspecified atom stereocenters. The summed E-state index contributed by atoms with van der Waals surface area (Å²) >= 11 is 7.88. The lowest BCUT2D eigenvalue weighted by atomic mass is 10.1. The fourth-order valence-corrected chi connectivity index (χ4v) is 5.02. The quantitative estimate of drug-likeness (QED) is 0.214. The smallest absolute Gasteiger partial charge is 0.266 e. The van der Waals surface area contributed by atoms with Crippen LogP contribution in [0.5, 0.6) is 11.5 Å². The zero-order chi connectivity index (χ0) is 26.9. The molecule has 0 N–H and O–H groups in total. The number of aliphatic imine (C=N–C) groups is 1. The molecule has 0 aromatic heterocycles. The number of ether oxygens (including phenoxy) is 3. The summed E-state index contributed by atoms with van der Waals surface area (Å²) in [5.41, 5.74) is 2.71. The maximum absolute atomic E-state index is 13.3. The number of para-hydroxylation sites is 1. The molecule has 1 heterocycles. The van der Waals surface area contributed by atoms with Crippen molar-refractivity contribution in [1.82, 2.24) is 4.90 Å². The van der Waals surface area contributed by atoms with Crippen molar-refractivity contribution in [2.24, 2.45) is 4.99 Å². The lowest BCUT2D eigenvalue weighted by molar-refractivity contribution is -0.122. The lowest BCUT2D eigenvalue weighted by Gasteiger charge is -2.15. The minimum absolute atomic E-state index is 0.155. The largest absolute Gasteiger partial charge is 0.493 e. The summed E-state index contributed by atoms with van der Waals surface area (Å²) in [5, 5.41) is 10.2. The van der Waals surface area contributed by atoms with Gasteiger partial charge in [-0.05, 0) is 60.7 Å². The number of halogens is 1. The lowest BCUT2D eigenvalue weighted by Crippen LogP contribution is -2.32. The molecule has 1 fully saturated rings. The molecule has 0 saturated carbocycles. The molecule has 38 heavy (non-hydrogen) atoms. The van der Waals surface area contributed by atoms with E-state index in [1.54, 1.807) is 35.2 Å². The summed E-state index contributed by atoms with van der Waals surface area (Å²) in [6.07, 6.45) is 1.76. The third-order valence-electron chi connectivity index (χ3n) is 5.59. The number of benzene rings is 3. The van der Waals surface area contributed by atoms with Gasteiger partial charge in [-0.1, -0.05) is 48.0 Å². The van der Waals surface area contributed by atoms with E-state index in [4.69, 9.17) is 25.8 Å². The molecule has 1 aliphatic heterocycles. The van der Waals surface area contributed by atoms with E-state index >= 15 is 0 Å². The van der Waals surface area contributed by atoms with Crippen molar-refractivity contribution in [1.29, 1.82) is 5.26 Å². The predicted molar refractivity (Wildman–Crippen MR) is 151 cm³/mol. The number of nitriles is 1. The van der Waals surface area contributed by atoms with Crippen molar-refractivity contribution in [2.45, 2.75) is 13.5 Å². The van der Waals surface area contributed by atoms with Gasteiger partial charge in [0.05, 0.1) is 47.5 Å². The first-order chi connectivity index (χ1) is 18.5. The first kappa shape index (κ1) is 27.3. The van der Waals surface area contributed by atoms with Crippen LogP contribution in [-0.2, 0) is 16.1 Å². The highest BCUT2D eigenvalue weighted by Gasteiger charge is 2.33. The highest BCUT2D eigenvalue weighted by Crippen LogP contribution is 2.40. The molecule has 9 heteroatoms. The van der Waals surface area contributed by atoms with Gasteiger partial charge in [0.2, 0.25) is 0 Å². The van der Waals surface area contributed by atoms with Gasteiger partial charge in [0.15, 0.2) is 16.7 Å². The van der Waals surface area contributed by atoms with Crippen molar-refractivity contribution < 1.29 is 19.0 Å². The fourth-order valence-electron chi connectivity index (χ4n) is 3.72. The van der Waals surface area contributed by atoms with Crippen LogP contribution in [0, 0.1) is 11.3 Å². The Hall–Kier alpha value is -3.77. The number of amides is 1. The van der Waals surface area contributed by atoms with Gasteiger partial charge >= 0.3 is 0 Å². The van der Waals surface area contributed by atoms with Crippen LogP contribution in [0.4, 0.5) is 5.69 Å². The van der Waals surface area contributed by atoms with Gasteiger partial charge in [-0.15, -0.1) is 0 Å². The molecule has 1 amide bonds. The van der Waals surface area contributed by atoms with Crippen molar-refractivity contribution in [3.05, 3.63) is 93.3 Å². The van der Waals surface area contributed by atoms with Crippen LogP contribution in [-0.4, -0.2) is 42.8 Å². The van der Waals surface area contributed by atoms with E-state index in [0.717, 1.165) is 11.3 Å². The molecule has 0 spiro atoms. The number of carbonyl (C=O) groups is 1. The van der Waals surface area contributed by atoms with E-state index in [2.05, 4.69) is 11.1 Å².